The second-order valence-corrected chi connectivity index (χ2v) is 10.5. The first-order chi connectivity index (χ1) is 19.3. The van der Waals surface area contributed by atoms with E-state index in [0.29, 0.717) is 38.5 Å². The van der Waals surface area contributed by atoms with Gasteiger partial charge in [0.1, 0.15) is 11.2 Å². The number of hydrogen-bond donors (Lipinski definition) is 1. The molecule has 1 aliphatic rings. The van der Waals surface area contributed by atoms with Gasteiger partial charge in [-0.1, -0.05) is 53.5 Å². The summed E-state index contributed by atoms with van der Waals surface area (Å²) in [5.74, 6) is 0.934. The molecule has 0 fully saturated rings. The Balaban J connectivity index is 1.45. The summed E-state index contributed by atoms with van der Waals surface area (Å²) in [6, 6.07) is 15.0. The van der Waals surface area contributed by atoms with Crippen LogP contribution in [0.5, 0.6) is 5.88 Å². The third kappa shape index (κ3) is 4.15. The van der Waals surface area contributed by atoms with Crippen molar-refractivity contribution in [3.63, 3.8) is 0 Å². The number of rotatable bonds is 5. The smallest absolute Gasteiger partial charge is 0.330 e. The van der Waals surface area contributed by atoms with Crippen LogP contribution < -0.4 is 21.3 Å². The van der Waals surface area contributed by atoms with Gasteiger partial charge in [-0.3, -0.25) is 13.9 Å². The van der Waals surface area contributed by atoms with Gasteiger partial charge < -0.3 is 10.1 Å². The average molecular weight is 574 g/mol. The molecule has 0 unspecified atom stereocenters. The molecule has 1 aliphatic carbocycles. The highest BCUT2D eigenvalue weighted by Crippen LogP contribution is 2.43. The lowest BCUT2D eigenvalue weighted by Gasteiger charge is -2.16. The highest BCUT2D eigenvalue weighted by molar-refractivity contribution is 6.39. The minimum atomic E-state index is -0.450. The van der Waals surface area contributed by atoms with Gasteiger partial charge in [-0.15, -0.1) is 0 Å². The van der Waals surface area contributed by atoms with Gasteiger partial charge in [0.15, 0.2) is 0 Å². The van der Waals surface area contributed by atoms with Crippen LogP contribution in [0.15, 0.2) is 64.3 Å². The number of ether oxygens (including phenoxy) is 1. The summed E-state index contributed by atoms with van der Waals surface area (Å²) in [4.78, 5) is 34.6. The second kappa shape index (κ2) is 10.1. The number of aryl methyl sites for hydroxylation is 2. The maximum atomic E-state index is 13.0. The number of hydrogen-bond acceptors (Lipinski definition) is 6. The summed E-state index contributed by atoms with van der Waals surface area (Å²) in [5.41, 5.74) is 5.49. The van der Waals surface area contributed by atoms with Crippen molar-refractivity contribution in [2.24, 2.45) is 14.1 Å². The van der Waals surface area contributed by atoms with Gasteiger partial charge in [0.25, 0.3) is 5.56 Å². The van der Waals surface area contributed by atoms with Crippen molar-refractivity contribution in [3.05, 3.63) is 96.7 Å². The van der Waals surface area contributed by atoms with E-state index in [2.05, 4.69) is 16.4 Å². The molecule has 202 valence electrons. The summed E-state index contributed by atoms with van der Waals surface area (Å²) in [6.45, 7) is 0. The van der Waals surface area contributed by atoms with Crippen LogP contribution in [0.25, 0.3) is 33.3 Å². The molecule has 1 N–H and O–H groups in total. The van der Waals surface area contributed by atoms with E-state index in [1.54, 1.807) is 32.5 Å². The van der Waals surface area contributed by atoms with Crippen molar-refractivity contribution < 1.29 is 4.74 Å². The predicted molar refractivity (Wildman–Crippen MR) is 159 cm³/mol. The quantitative estimate of drug-likeness (QED) is 0.281. The summed E-state index contributed by atoms with van der Waals surface area (Å²) in [7, 11) is 4.69. The molecule has 2 aromatic carbocycles. The summed E-state index contributed by atoms with van der Waals surface area (Å²) in [6.07, 6.45) is 4.56. The van der Waals surface area contributed by atoms with Gasteiger partial charge in [-0.2, -0.15) is 0 Å². The Kier molecular flexibility index (Phi) is 6.60. The standard InChI is InChI=1S/C30H25Cl2N5O3/c1-36-23-13-14-33-27(24(23)29(38)37(2)30(36)39)34-21-12-6-10-19(26(21)32)18-9-5-11-20(25(18)31)22-15-16-7-4-8-17(16)28(35-22)40-3/h5-6,9-15H,4,7-8H2,1-3H3,(H,33,34). The molecule has 0 bridgehead atoms. The van der Waals surface area contributed by atoms with Crippen molar-refractivity contribution in [2.75, 3.05) is 12.4 Å². The first kappa shape index (κ1) is 26.1. The molecule has 0 amide bonds. The third-order valence-electron chi connectivity index (χ3n) is 7.44. The minimum absolute atomic E-state index is 0.283. The van der Waals surface area contributed by atoms with Crippen LogP contribution in [0.3, 0.4) is 0 Å². The molecule has 0 atom stereocenters. The van der Waals surface area contributed by atoms with Gasteiger partial charge in [-0.25, -0.2) is 14.8 Å². The number of nitrogens with zero attached hydrogens (tertiary/aromatic N) is 4. The molecule has 8 nitrogen and oxygen atoms in total. The fourth-order valence-electron chi connectivity index (χ4n) is 5.37. The summed E-state index contributed by atoms with van der Waals surface area (Å²) >= 11 is 14.0. The van der Waals surface area contributed by atoms with Gasteiger partial charge in [0.2, 0.25) is 5.88 Å². The lowest BCUT2D eigenvalue weighted by atomic mass is 9.99. The first-order valence-corrected chi connectivity index (χ1v) is 13.5. The van der Waals surface area contributed by atoms with Crippen LogP contribution in [-0.4, -0.2) is 26.2 Å². The lowest BCUT2D eigenvalue weighted by molar-refractivity contribution is 0.394. The fraction of sp³-hybridized carbons (Fsp3) is 0.200. The molecular weight excluding hydrogens is 549 g/mol. The molecule has 0 spiro atoms. The molecule has 10 heteroatoms. The number of fused-ring (bicyclic) bond motifs is 2. The SMILES string of the molecule is COc1nc(-c2cccc(-c3cccc(Nc4nccc5c4c(=O)n(C)c(=O)n5C)c3Cl)c2Cl)cc2c1CCC2. The molecule has 3 aromatic heterocycles. The summed E-state index contributed by atoms with van der Waals surface area (Å²) < 4.78 is 8.06. The van der Waals surface area contributed by atoms with E-state index in [-0.39, 0.29) is 5.39 Å². The Morgan fingerprint density at radius 2 is 1.65 bits per heavy atom. The van der Waals surface area contributed by atoms with Crippen molar-refractivity contribution in [3.8, 4) is 28.3 Å². The topological polar surface area (TPSA) is 91.0 Å². The largest absolute Gasteiger partial charge is 0.481 e. The molecule has 0 aliphatic heterocycles. The molecule has 40 heavy (non-hydrogen) atoms. The van der Waals surface area contributed by atoms with Gasteiger partial charge >= 0.3 is 5.69 Å². The zero-order chi connectivity index (χ0) is 28.1. The molecule has 6 rings (SSSR count). The second-order valence-electron chi connectivity index (χ2n) is 9.73. The van der Waals surface area contributed by atoms with E-state index in [1.807, 2.05) is 30.3 Å². The first-order valence-electron chi connectivity index (χ1n) is 12.8. The number of methoxy groups -OCH3 is 1. The van der Waals surface area contributed by atoms with Crippen LogP contribution in [0.2, 0.25) is 10.0 Å². The fourth-order valence-corrected chi connectivity index (χ4v) is 5.97. The average Bonchev–Trinajstić information content (AvgIpc) is 3.45. The van der Waals surface area contributed by atoms with E-state index in [0.717, 1.165) is 46.2 Å². The maximum absolute atomic E-state index is 13.0. The Morgan fingerprint density at radius 3 is 2.42 bits per heavy atom. The van der Waals surface area contributed by atoms with E-state index in [9.17, 15) is 9.59 Å². The molecule has 5 aromatic rings. The van der Waals surface area contributed by atoms with Crippen molar-refractivity contribution in [2.45, 2.75) is 19.3 Å². The third-order valence-corrected chi connectivity index (χ3v) is 8.26. The van der Waals surface area contributed by atoms with Crippen LogP contribution in [0, 0.1) is 0 Å². The van der Waals surface area contributed by atoms with Gasteiger partial charge in [0.05, 0.1) is 34.1 Å². The number of halogens is 2. The van der Waals surface area contributed by atoms with Crippen molar-refractivity contribution in [1.82, 2.24) is 19.1 Å². The molecule has 0 saturated heterocycles. The van der Waals surface area contributed by atoms with Crippen molar-refractivity contribution in [1.29, 1.82) is 0 Å². The normalized spacial score (nSPS) is 12.5. The van der Waals surface area contributed by atoms with E-state index >= 15 is 0 Å². The van der Waals surface area contributed by atoms with Crippen molar-refractivity contribution >= 4 is 45.6 Å². The Bertz CT molecular complexity index is 1950. The number of anilines is 2. The molecular formula is C30H25Cl2N5O3. The maximum Gasteiger partial charge on any atom is 0.330 e. The van der Waals surface area contributed by atoms with E-state index in [4.69, 9.17) is 32.9 Å². The monoisotopic (exact) mass is 573 g/mol. The Hall–Kier alpha value is -4.14. The van der Waals surface area contributed by atoms with E-state index in [1.165, 1.54) is 17.2 Å². The predicted octanol–water partition coefficient (Wildman–Crippen LogP) is 5.91. The molecule has 3 heterocycles. The Morgan fingerprint density at radius 1 is 0.925 bits per heavy atom. The highest BCUT2D eigenvalue weighted by Gasteiger charge is 2.22. The number of pyridine rings is 2. The number of aromatic nitrogens is 4. The molecule has 0 saturated carbocycles. The van der Waals surface area contributed by atoms with E-state index < -0.39 is 11.2 Å². The van der Waals surface area contributed by atoms with Crippen LogP contribution in [0.4, 0.5) is 11.5 Å². The van der Waals surface area contributed by atoms with Gasteiger partial charge in [0, 0.05) is 42.5 Å². The van der Waals surface area contributed by atoms with Gasteiger partial charge in [-0.05, 0) is 43.0 Å². The number of nitrogens with one attached hydrogen (secondary N) is 1. The molecule has 0 radical (unpaired) electrons. The number of benzene rings is 2. The Labute approximate surface area is 239 Å². The summed E-state index contributed by atoms with van der Waals surface area (Å²) in [5, 5.41) is 4.41. The zero-order valence-corrected chi connectivity index (χ0v) is 23.6. The van der Waals surface area contributed by atoms with Crippen LogP contribution >= 0.6 is 23.2 Å². The minimum Gasteiger partial charge on any atom is -0.481 e. The highest BCUT2D eigenvalue weighted by atomic mass is 35.5. The zero-order valence-electron chi connectivity index (χ0n) is 22.1. The van der Waals surface area contributed by atoms with Crippen LogP contribution in [0.1, 0.15) is 17.5 Å². The van der Waals surface area contributed by atoms with Crippen LogP contribution in [-0.2, 0) is 26.9 Å². The lowest BCUT2D eigenvalue weighted by Crippen LogP contribution is -2.37.